The maximum Gasteiger partial charge on any atom is 0.311 e. The third kappa shape index (κ3) is 9.89. The second-order valence-electron chi connectivity index (χ2n) is 6.60. The van der Waals surface area contributed by atoms with Crippen LogP contribution in [0.4, 0.5) is 0 Å². The number of ether oxygens (including phenoxy) is 1. The van der Waals surface area contributed by atoms with Crippen LogP contribution < -0.4 is 4.74 Å². The largest absolute Gasteiger partial charge is 0.427 e. The van der Waals surface area contributed by atoms with Gasteiger partial charge in [-0.1, -0.05) is 39.0 Å². The molecule has 6 nitrogen and oxygen atoms in total. The summed E-state index contributed by atoms with van der Waals surface area (Å²) in [5.74, 6) is -0.0830. The first-order valence-corrected chi connectivity index (χ1v) is 10.7. The molecule has 0 radical (unpaired) electrons. The van der Waals surface area contributed by atoms with Crippen LogP contribution in [0.1, 0.15) is 58.3 Å². The van der Waals surface area contributed by atoms with E-state index in [9.17, 15) is 13.2 Å². The maximum atomic E-state index is 11.8. The van der Waals surface area contributed by atoms with E-state index in [0.29, 0.717) is 12.8 Å². The fourth-order valence-corrected chi connectivity index (χ4v) is 3.11. The van der Waals surface area contributed by atoms with Crippen molar-refractivity contribution in [1.82, 2.24) is 4.90 Å². The number of hydrogen-bond donors (Lipinski definition) is 1. The fourth-order valence-electron chi connectivity index (χ4n) is 2.63. The summed E-state index contributed by atoms with van der Waals surface area (Å²) < 4.78 is 36.0. The van der Waals surface area contributed by atoms with Gasteiger partial charge in [-0.2, -0.15) is 8.42 Å². The molecule has 1 aromatic rings. The van der Waals surface area contributed by atoms with Crippen LogP contribution in [0, 0.1) is 0 Å². The van der Waals surface area contributed by atoms with Crippen LogP contribution in [0.3, 0.4) is 0 Å². The van der Waals surface area contributed by atoms with E-state index in [1.54, 1.807) is 0 Å². The average molecular weight is 386 g/mol. The zero-order valence-electron chi connectivity index (χ0n) is 15.8. The second kappa shape index (κ2) is 12.0. The number of rotatable bonds is 13. The molecule has 148 valence electrons. The Balaban J connectivity index is 2.18. The highest BCUT2D eigenvalue weighted by Gasteiger charge is 2.10. The van der Waals surface area contributed by atoms with Crippen molar-refractivity contribution in [1.29, 1.82) is 0 Å². The summed E-state index contributed by atoms with van der Waals surface area (Å²) in [7, 11) is -2.17. The van der Waals surface area contributed by atoms with Gasteiger partial charge in [0.25, 0.3) is 10.1 Å². The molecule has 0 aliphatic heterocycles. The molecule has 1 aromatic carbocycles. The number of unbranched alkanes of at least 4 members (excludes halogenated alkanes) is 5. The van der Waals surface area contributed by atoms with E-state index in [-0.39, 0.29) is 16.6 Å². The molecule has 0 fully saturated rings. The first kappa shape index (κ1) is 22.6. The van der Waals surface area contributed by atoms with Crippen LogP contribution in [-0.4, -0.2) is 44.0 Å². The number of hydrogen-bond acceptors (Lipinski definition) is 5. The van der Waals surface area contributed by atoms with Gasteiger partial charge in [0.15, 0.2) is 0 Å². The lowest BCUT2D eigenvalue weighted by molar-refractivity contribution is -0.134. The first-order chi connectivity index (χ1) is 12.3. The number of esters is 1. The number of benzene rings is 1. The van der Waals surface area contributed by atoms with Crippen molar-refractivity contribution < 1.29 is 22.5 Å². The SMILES string of the molecule is CCCCCCCCN(C)CCCC(=O)Oc1ccc(S(=O)(=O)O)cc1. The Morgan fingerprint density at radius 1 is 1.00 bits per heavy atom. The number of carbonyl (C=O) groups is 1. The molecule has 0 aliphatic carbocycles. The van der Waals surface area contributed by atoms with Gasteiger partial charge in [0.2, 0.25) is 0 Å². The molecule has 26 heavy (non-hydrogen) atoms. The Labute approximate surface area is 157 Å². The summed E-state index contributed by atoms with van der Waals surface area (Å²) in [4.78, 5) is 13.8. The van der Waals surface area contributed by atoms with E-state index in [1.165, 1.54) is 62.8 Å². The van der Waals surface area contributed by atoms with E-state index in [1.807, 2.05) is 0 Å². The molecule has 0 aliphatic rings. The van der Waals surface area contributed by atoms with Gasteiger partial charge in [0.1, 0.15) is 5.75 Å². The molecule has 1 N–H and O–H groups in total. The van der Waals surface area contributed by atoms with Crippen LogP contribution in [0.2, 0.25) is 0 Å². The molecule has 7 heteroatoms. The van der Waals surface area contributed by atoms with Crippen molar-refractivity contribution in [3.05, 3.63) is 24.3 Å². The first-order valence-electron chi connectivity index (χ1n) is 9.29. The molecule has 0 aromatic heterocycles. The lowest BCUT2D eigenvalue weighted by atomic mass is 10.1. The molecule has 0 saturated heterocycles. The highest BCUT2D eigenvalue weighted by Crippen LogP contribution is 2.16. The molecule has 0 amide bonds. The Kier molecular flexibility index (Phi) is 10.5. The molecule has 0 heterocycles. The maximum absolute atomic E-state index is 11.8. The normalized spacial score (nSPS) is 11.7. The molecule has 0 atom stereocenters. The second-order valence-corrected chi connectivity index (χ2v) is 8.02. The summed E-state index contributed by atoms with van der Waals surface area (Å²) in [5, 5.41) is 0. The Morgan fingerprint density at radius 2 is 1.58 bits per heavy atom. The Hall–Kier alpha value is -1.44. The minimum atomic E-state index is -4.23. The van der Waals surface area contributed by atoms with E-state index in [0.717, 1.165) is 13.1 Å². The van der Waals surface area contributed by atoms with Crippen LogP contribution in [0.15, 0.2) is 29.2 Å². The Morgan fingerprint density at radius 3 is 2.19 bits per heavy atom. The monoisotopic (exact) mass is 385 g/mol. The third-order valence-electron chi connectivity index (χ3n) is 4.17. The van der Waals surface area contributed by atoms with Crippen molar-refractivity contribution >= 4 is 16.1 Å². The number of carbonyl (C=O) groups excluding carboxylic acids is 1. The van der Waals surface area contributed by atoms with E-state index < -0.39 is 10.1 Å². The zero-order chi connectivity index (χ0) is 19.4. The summed E-state index contributed by atoms with van der Waals surface area (Å²) >= 11 is 0. The molecule has 0 bridgehead atoms. The summed E-state index contributed by atoms with van der Waals surface area (Å²) in [5.41, 5.74) is 0. The van der Waals surface area contributed by atoms with Crippen LogP contribution in [0.25, 0.3) is 0 Å². The van der Waals surface area contributed by atoms with Gasteiger partial charge in [-0.05, 0) is 57.2 Å². The van der Waals surface area contributed by atoms with E-state index in [2.05, 4.69) is 18.9 Å². The van der Waals surface area contributed by atoms with E-state index >= 15 is 0 Å². The van der Waals surface area contributed by atoms with Gasteiger partial charge >= 0.3 is 5.97 Å². The van der Waals surface area contributed by atoms with Gasteiger partial charge in [0.05, 0.1) is 4.90 Å². The predicted molar refractivity (Wildman–Crippen MR) is 102 cm³/mol. The van der Waals surface area contributed by atoms with Gasteiger partial charge < -0.3 is 9.64 Å². The minimum Gasteiger partial charge on any atom is -0.427 e. The molecule has 0 spiro atoms. The summed E-state index contributed by atoms with van der Waals surface area (Å²) in [6, 6.07) is 5.11. The van der Waals surface area contributed by atoms with Crippen LogP contribution in [-0.2, 0) is 14.9 Å². The van der Waals surface area contributed by atoms with E-state index in [4.69, 9.17) is 9.29 Å². The zero-order valence-corrected chi connectivity index (χ0v) is 16.6. The van der Waals surface area contributed by atoms with Gasteiger partial charge in [0, 0.05) is 6.42 Å². The lowest BCUT2D eigenvalue weighted by Crippen LogP contribution is -2.22. The van der Waals surface area contributed by atoms with Crippen molar-refractivity contribution in [3.8, 4) is 5.75 Å². The topological polar surface area (TPSA) is 83.9 Å². The minimum absolute atomic E-state index is 0.228. The standard InChI is InChI=1S/C19H31NO5S/c1-3-4-5-6-7-8-15-20(2)16-9-10-19(21)25-17-11-13-18(14-12-17)26(22,23)24/h11-14H,3-10,15-16H2,1-2H3,(H,22,23,24). The fraction of sp³-hybridized carbons (Fsp3) is 0.632. The smallest absolute Gasteiger partial charge is 0.311 e. The third-order valence-corrected chi connectivity index (χ3v) is 5.04. The highest BCUT2D eigenvalue weighted by atomic mass is 32.2. The van der Waals surface area contributed by atoms with Gasteiger partial charge in [-0.15, -0.1) is 0 Å². The van der Waals surface area contributed by atoms with Crippen LogP contribution >= 0.6 is 0 Å². The van der Waals surface area contributed by atoms with Crippen molar-refractivity contribution in [2.24, 2.45) is 0 Å². The molecular weight excluding hydrogens is 354 g/mol. The van der Waals surface area contributed by atoms with Crippen LogP contribution in [0.5, 0.6) is 5.75 Å². The average Bonchev–Trinajstić information content (AvgIpc) is 2.57. The molecule has 0 saturated carbocycles. The van der Waals surface area contributed by atoms with Gasteiger partial charge in [-0.3, -0.25) is 9.35 Å². The predicted octanol–water partition coefficient (Wildman–Crippen LogP) is 3.91. The summed E-state index contributed by atoms with van der Waals surface area (Å²) in [6.45, 7) is 4.09. The van der Waals surface area contributed by atoms with Crippen molar-refractivity contribution in [2.45, 2.75) is 63.2 Å². The number of nitrogens with zero attached hydrogens (tertiary/aromatic N) is 1. The van der Waals surface area contributed by atoms with Crippen molar-refractivity contribution in [2.75, 3.05) is 20.1 Å². The molecule has 1 rings (SSSR count). The molecular formula is C19H31NO5S. The summed E-state index contributed by atoms with van der Waals surface area (Å²) in [6.07, 6.45) is 8.66. The molecule has 0 unspecified atom stereocenters. The van der Waals surface area contributed by atoms with Crippen molar-refractivity contribution in [3.63, 3.8) is 0 Å². The quantitative estimate of drug-likeness (QED) is 0.240. The highest BCUT2D eigenvalue weighted by molar-refractivity contribution is 7.85. The Bertz CT molecular complexity index is 628. The lowest BCUT2D eigenvalue weighted by Gasteiger charge is -2.16. The van der Waals surface area contributed by atoms with Gasteiger partial charge in [-0.25, -0.2) is 0 Å².